The summed E-state index contributed by atoms with van der Waals surface area (Å²) in [5, 5.41) is 4.48. The van der Waals surface area contributed by atoms with Gasteiger partial charge in [-0.2, -0.15) is 0 Å². The molecular weight excluding hydrogens is 336 g/mol. The number of aromatic nitrogens is 3. The number of hydrogen-bond acceptors (Lipinski definition) is 6. The molecule has 0 saturated carbocycles. The lowest BCUT2D eigenvalue weighted by Crippen LogP contribution is -2.12. The third kappa shape index (κ3) is 3.70. The quantitative estimate of drug-likeness (QED) is 0.371. The average Bonchev–Trinajstić information content (AvgIpc) is 2.72. The Balaban J connectivity index is 1.59. The maximum Gasteiger partial charge on any atom is 0.151 e. The van der Waals surface area contributed by atoms with Crippen LogP contribution in [0.5, 0.6) is 0 Å². The molecular formula is C21H20N6. The highest BCUT2D eigenvalue weighted by Gasteiger charge is 2.07. The second-order valence-electron chi connectivity index (χ2n) is 6.31. The van der Waals surface area contributed by atoms with Crippen molar-refractivity contribution in [3.8, 4) is 11.3 Å². The van der Waals surface area contributed by atoms with E-state index in [1.54, 1.807) is 6.20 Å². The molecule has 3 aromatic heterocycles. The Morgan fingerprint density at radius 3 is 2.74 bits per heavy atom. The van der Waals surface area contributed by atoms with Crippen LogP contribution in [-0.2, 0) is 6.54 Å². The molecule has 0 saturated heterocycles. The topological polar surface area (TPSA) is 88.8 Å². The van der Waals surface area contributed by atoms with Crippen LogP contribution in [0.2, 0.25) is 0 Å². The molecule has 3 heterocycles. The normalized spacial score (nSPS) is 10.7. The van der Waals surface area contributed by atoms with Gasteiger partial charge in [-0.05, 0) is 55.0 Å². The number of nitrogen functional groups attached to an aromatic ring is 1. The summed E-state index contributed by atoms with van der Waals surface area (Å²) in [6.45, 7) is 2.59. The Labute approximate surface area is 157 Å². The van der Waals surface area contributed by atoms with Crippen molar-refractivity contribution in [2.24, 2.45) is 5.84 Å². The van der Waals surface area contributed by atoms with E-state index >= 15 is 0 Å². The van der Waals surface area contributed by atoms with Gasteiger partial charge in [-0.3, -0.25) is 15.8 Å². The minimum atomic E-state index is 0.627. The van der Waals surface area contributed by atoms with Gasteiger partial charge in [0.15, 0.2) is 5.82 Å². The van der Waals surface area contributed by atoms with E-state index < -0.39 is 0 Å². The highest BCUT2D eigenvalue weighted by Crippen LogP contribution is 2.25. The first-order valence-corrected chi connectivity index (χ1v) is 8.71. The highest BCUT2D eigenvalue weighted by molar-refractivity contribution is 5.79. The van der Waals surface area contributed by atoms with Crippen LogP contribution < -0.4 is 16.6 Å². The zero-order chi connectivity index (χ0) is 18.6. The zero-order valence-corrected chi connectivity index (χ0v) is 15.0. The summed E-state index contributed by atoms with van der Waals surface area (Å²) < 4.78 is 0. The lowest BCUT2D eigenvalue weighted by atomic mass is 10.1. The van der Waals surface area contributed by atoms with Gasteiger partial charge in [-0.15, -0.1) is 0 Å². The van der Waals surface area contributed by atoms with Gasteiger partial charge in [-0.1, -0.05) is 12.1 Å². The van der Waals surface area contributed by atoms with Crippen molar-refractivity contribution in [2.45, 2.75) is 13.5 Å². The molecule has 27 heavy (non-hydrogen) atoms. The first kappa shape index (κ1) is 16.9. The number of nitrogens with two attached hydrogens (primary N) is 1. The second-order valence-corrected chi connectivity index (χ2v) is 6.31. The molecule has 0 aliphatic heterocycles. The van der Waals surface area contributed by atoms with Crippen LogP contribution in [0.1, 0.15) is 11.3 Å². The monoisotopic (exact) mass is 356 g/mol. The molecule has 0 fully saturated rings. The average molecular weight is 356 g/mol. The van der Waals surface area contributed by atoms with Gasteiger partial charge in [0.2, 0.25) is 0 Å². The Hall–Kier alpha value is -3.51. The fourth-order valence-electron chi connectivity index (χ4n) is 2.91. The van der Waals surface area contributed by atoms with Crippen molar-refractivity contribution in [2.75, 3.05) is 10.7 Å². The minimum absolute atomic E-state index is 0.627. The van der Waals surface area contributed by atoms with Gasteiger partial charge in [0, 0.05) is 35.6 Å². The first-order valence-electron chi connectivity index (χ1n) is 8.71. The standard InChI is InChI=1S/C21H20N6/c1-14-4-6-17(13-24-14)19-8-9-20(27-22)21(26-19)25-12-15-5-7-18-16(11-15)3-2-10-23-18/h2-11,13,27H,12,22H2,1H3,(H,25,26). The molecule has 134 valence electrons. The van der Waals surface area contributed by atoms with Crippen LogP contribution in [0.3, 0.4) is 0 Å². The van der Waals surface area contributed by atoms with Crippen LogP contribution in [0.15, 0.2) is 67.0 Å². The van der Waals surface area contributed by atoms with E-state index in [1.165, 1.54) is 0 Å². The Kier molecular flexibility index (Phi) is 4.63. The molecule has 0 atom stereocenters. The van der Waals surface area contributed by atoms with E-state index in [-0.39, 0.29) is 0 Å². The Morgan fingerprint density at radius 1 is 1.00 bits per heavy atom. The van der Waals surface area contributed by atoms with Gasteiger partial charge < -0.3 is 10.7 Å². The SMILES string of the molecule is Cc1ccc(-c2ccc(NN)c(NCc3ccc4ncccc4c3)n2)cn1. The smallest absolute Gasteiger partial charge is 0.151 e. The van der Waals surface area contributed by atoms with Crippen molar-refractivity contribution in [1.82, 2.24) is 15.0 Å². The first-order chi connectivity index (χ1) is 13.2. The number of rotatable bonds is 5. The molecule has 0 amide bonds. The summed E-state index contributed by atoms with van der Waals surface area (Å²) in [6.07, 6.45) is 3.63. The van der Waals surface area contributed by atoms with Crippen LogP contribution >= 0.6 is 0 Å². The predicted octanol–water partition coefficient (Wildman–Crippen LogP) is 3.90. The lowest BCUT2D eigenvalue weighted by Gasteiger charge is -2.13. The molecule has 6 nitrogen and oxygen atoms in total. The summed E-state index contributed by atoms with van der Waals surface area (Å²) >= 11 is 0. The number of fused-ring (bicyclic) bond motifs is 1. The highest BCUT2D eigenvalue weighted by atomic mass is 15.2. The molecule has 4 N–H and O–H groups in total. The van der Waals surface area contributed by atoms with Crippen molar-refractivity contribution in [1.29, 1.82) is 0 Å². The van der Waals surface area contributed by atoms with Gasteiger partial charge in [0.05, 0.1) is 16.9 Å². The van der Waals surface area contributed by atoms with E-state index in [4.69, 9.17) is 10.8 Å². The van der Waals surface area contributed by atoms with Crippen molar-refractivity contribution < 1.29 is 0 Å². The lowest BCUT2D eigenvalue weighted by molar-refractivity contribution is 1.11. The van der Waals surface area contributed by atoms with E-state index in [0.29, 0.717) is 12.4 Å². The van der Waals surface area contributed by atoms with Crippen LogP contribution in [0.25, 0.3) is 22.2 Å². The van der Waals surface area contributed by atoms with Crippen LogP contribution in [-0.4, -0.2) is 15.0 Å². The number of pyridine rings is 3. The number of hydrogen-bond donors (Lipinski definition) is 3. The molecule has 0 spiro atoms. The Morgan fingerprint density at radius 2 is 1.93 bits per heavy atom. The van der Waals surface area contributed by atoms with Crippen molar-refractivity contribution in [3.63, 3.8) is 0 Å². The number of benzene rings is 1. The second kappa shape index (κ2) is 7.39. The summed E-state index contributed by atoms with van der Waals surface area (Å²) in [4.78, 5) is 13.4. The number of anilines is 2. The van der Waals surface area contributed by atoms with Gasteiger partial charge in [0.25, 0.3) is 0 Å². The molecule has 0 unspecified atom stereocenters. The van der Waals surface area contributed by atoms with Crippen LogP contribution in [0.4, 0.5) is 11.5 Å². The van der Waals surface area contributed by atoms with Gasteiger partial charge >= 0.3 is 0 Å². The molecule has 0 bridgehead atoms. The molecule has 4 aromatic rings. The molecule has 0 radical (unpaired) electrons. The summed E-state index contributed by atoms with van der Waals surface area (Å²) in [5.74, 6) is 6.35. The van der Waals surface area contributed by atoms with E-state index in [2.05, 4.69) is 38.9 Å². The van der Waals surface area contributed by atoms with Gasteiger partial charge in [-0.25, -0.2) is 4.98 Å². The van der Waals surface area contributed by atoms with E-state index in [0.717, 1.165) is 39.1 Å². The van der Waals surface area contributed by atoms with Crippen LogP contribution in [0, 0.1) is 6.92 Å². The third-order valence-corrected chi connectivity index (χ3v) is 4.39. The van der Waals surface area contributed by atoms with Crippen molar-refractivity contribution >= 4 is 22.4 Å². The largest absolute Gasteiger partial charge is 0.364 e. The van der Waals surface area contributed by atoms with E-state index in [1.807, 2.05) is 49.5 Å². The maximum atomic E-state index is 5.65. The number of nitrogens with one attached hydrogen (secondary N) is 2. The summed E-state index contributed by atoms with van der Waals surface area (Å²) in [6, 6.07) is 18.0. The fourth-order valence-corrected chi connectivity index (χ4v) is 2.91. The summed E-state index contributed by atoms with van der Waals surface area (Å²) in [5.41, 5.74) is 8.34. The predicted molar refractivity (Wildman–Crippen MR) is 109 cm³/mol. The Bertz CT molecular complexity index is 1080. The van der Waals surface area contributed by atoms with Crippen molar-refractivity contribution in [3.05, 3.63) is 78.2 Å². The number of hydrazine groups is 1. The number of nitrogens with zero attached hydrogens (tertiary/aromatic N) is 3. The molecule has 0 aliphatic carbocycles. The molecule has 6 heteroatoms. The third-order valence-electron chi connectivity index (χ3n) is 4.39. The molecule has 1 aromatic carbocycles. The molecule has 4 rings (SSSR count). The summed E-state index contributed by atoms with van der Waals surface area (Å²) in [7, 11) is 0. The number of aryl methyl sites for hydroxylation is 1. The zero-order valence-electron chi connectivity index (χ0n) is 15.0. The van der Waals surface area contributed by atoms with Gasteiger partial charge in [0.1, 0.15) is 0 Å². The molecule has 0 aliphatic rings. The maximum absolute atomic E-state index is 5.65. The van der Waals surface area contributed by atoms with E-state index in [9.17, 15) is 0 Å². The fraction of sp³-hybridized carbons (Fsp3) is 0.0952. The minimum Gasteiger partial charge on any atom is -0.364 e.